The number of aliphatic hydroxyl groups excluding tert-OH is 1. The van der Waals surface area contributed by atoms with Crippen molar-refractivity contribution in [2.45, 2.75) is 25.5 Å². The summed E-state index contributed by atoms with van der Waals surface area (Å²) in [6.45, 7) is 1.85. The molecule has 3 atom stereocenters. The fraction of sp³-hybridized carbons (Fsp3) is 0.200. The first kappa shape index (κ1) is 22.4. The Hall–Kier alpha value is -4.44. The Bertz CT molecular complexity index is 1410. The second kappa shape index (κ2) is 8.10. The molecule has 1 aliphatic carbocycles. The van der Waals surface area contributed by atoms with Gasteiger partial charge in [0.05, 0.1) is 27.0 Å². The van der Waals surface area contributed by atoms with Crippen LogP contribution in [0.3, 0.4) is 0 Å². The molecule has 1 N–H and O–H groups in total. The molecule has 0 amide bonds. The van der Waals surface area contributed by atoms with E-state index in [4.69, 9.17) is 0 Å². The standard InChI is InChI=1S/C25H20N4O6/c1-15-18-9-5-6-10-19(18)23(30)25(15)14-20(16-7-3-2-4-8-16)26-27(24(25)31)21-12-11-17(28(32)33)13-22(21)29(34)35/h2-13,15,24,31H,14H2,1H3/t15-,24?,25+/m1/s1. The summed E-state index contributed by atoms with van der Waals surface area (Å²) in [7, 11) is 0. The lowest BCUT2D eigenvalue weighted by atomic mass is 9.69. The molecule has 35 heavy (non-hydrogen) atoms. The number of rotatable bonds is 4. The number of nitro benzene ring substituents is 2. The fourth-order valence-electron chi connectivity index (χ4n) is 5.13. The molecule has 1 unspecified atom stereocenters. The number of nitrogens with zero attached hydrogens (tertiary/aromatic N) is 4. The monoisotopic (exact) mass is 472 g/mol. The normalized spacial score (nSPS) is 23.2. The first-order chi connectivity index (χ1) is 16.8. The zero-order valence-electron chi connectivity index (χ0n) is 18.6. The predicted octanol–water partition coefficient (Wildman–Crippen LogP) is 4.42. The third kappa shape index (κ3) is 3.29. The molecule has 0 bridgehead atoms. The lowest BCUT2D eigenvalue weighted by Crippen LogP contribution is -2.55. The minimum Gasteiger partial charge on any atom is -0.371 e. The number of Topliss-reactive ketones (excluding diaryl/α,β-unsaturated/α-hetero) is 1. The van der Waals surface area contributed by atoms with Crippen LogP contribution in [0.15, 0.2) is 77.9 Å². The van der Waals surface area contributed by atoms with Gasteiger partial charge < -0.3 is 5.11 Å². The van der Waals surface area contributed by atoms with Crippen LogP contribution in [0.1, 0.15) is 40.7 Å². The minimum absolute atomic E-state index is 0.115. The summed E-state index contributed by atoms with van der Waals surface area (Å²) in [5, 5.41) is 40.4. The van der Waals surface area contributed by atoms with Gasteiger partial charge in [-0.15, -0.1) is 0 Å². The average molecular weight is 472 g/mol. The highest BCUT2D eigenvalue weighted by Gasteiger charge is 2.60. The van der Waals surface area contributed by atoms with Crippen molar-refractivity contribution < 1.29 is 19.7 Å². The van der Waals surface area contributed by atoms with E-state index < -0.39 is 38.8 Å². The second-order valence-corrected chi connectivity index (χ2v) is 8.67. The number of hydrazone groups is 1. The van der Waals surface area contributed by atoms with Crippen molar-refractivity contribution >= 4 is 28.6 Å². The van der Waals surface area contributed by atoms with Crippen LogP contribution in [0.2, 0.25) is 0 Å². The molecule has 2 aliphatic rings. The molecule has 1 aliphatic heterocycles. The van der Waals surface area contributed by atoms with Crippen LogP contribution >= 0.6 is 0 Å². The maximum atomic E-state index is 13.8. The van der Waals surface area contributed by atoms with Crippen LogP contribution in [0.25, 0.3) is 0 Å². The van der Waals surface area contributed by atoms with Crippen LogP contribution < -0.4 is 5.01 Å². The highest BCUT2D eigenvalue weighted by Crippen LogP contribution is 2.55. The number of benzene rings is 3. The van der Waals surface area contributed by atoms with Gasteiger partial charge in [-0.2, -0.15) is 5.10 Å². The van der Waals surface area contributed by atoms with E-state index in [1.807, 2.05) is 49.4 Å². The summed E-state index contributed by atoms with van der Waals surface area (Å²) >= 11 is 0. The van der Waals surface area contributed by atoms with Gasteiger partial charge in [0.2, 0.25) is 0 Å². The number of non-ortho nitro benzene ring substituents is 1. The van der Waals surface area contributed by atoms with Crippen molar-refractivity contribution in [2.75, 3.05) is 5.01 Å². The van der Waals surface area contributed by atoms with Crippen LogP contribution in [0, 0.1) is 25.6 Å². The third-order valence-corrected chi connectivity index (χ3v) is 6.97. The number of fused-ring (bicyclic) bond motifs is 1. The number of anilines is 1. The average Bonchev–Trinajstić information content (AvgIpc) is 3.08. The maximum Gasteiger partial charge on any atom is 0.301 e. The van der Waals surface area contributed by atoms with Crippen LogP contribution in [-0.2, 0) is 0 Å². The Labute approximate surface area is 199 Å². The minimum atomic E-state index is -1.55. The van der Waals surface area contributed by atoms with E-state index in [0.29, 0.717) is 16.8 Å². The molecule has 1 heterocycles. The van der Waals surface area contributed by atoms with Gasteiger partial charge in [-0.1, -0.05) is 61.5 Å². The highest BCUT2D eigenvalue weighted by atomic mass is 16.6. The number of carbonyl (C=O) groups excluding carboxylic acids is 1. The Balaban J connectivity index is 1.74. The Kier molecular flexibility index (Phi) is 5.17. The molecule has 10 heteroatoms. The first-order valence-corrected chi connectivity index (χ1v) is 10.9. The van der Waals surface area contributed by atoms with Crippen LogP contribution in [-0.4, -0.2) is 32.7 Å². The molecule has 1 spiro atoms. The number of carbonyl (C=O) groups is 1. The zero-order chi connectivity index (χ0) is 24.9. The molecule has 0 saturated heterocycles. The second-order valence-electron chi connectivity index (χ2n) is 8.67. The van der Waals surface area contributed by atoms with Crippen molar-refractivity contribution in [3.8, 4) is 0 Å². The number of nitro groups is 2. The molecular formula is C25H20N4O6. The van der Waals surface area contributed by atoms with Crippen molar-refractivity contribution in [3.05, 3.63) is 110 Å². The molecule has 3 aromatic rings. The van der Waals surface area contributed by atoms with E-state index in [-0.39, 0.29) is 17.9 Å². The number of aliphatic hydroxyl groups is 1. The predicted molar refractivity (Wildman–Crippen MR) is 127 cm³/mol. The summed E-state index contributed by atoms with van der Waals surface area (Å²) in [5.74, 6) is -0.694. The molecule has 3 aromatic carbocycles. The number of ketones is 1. The van der Waals surface area contributed by atoms with Gasteiger partial charge in [0, 0.05) is 18.1 Å². The lowest BCUT2D eigenvalue weighted by Gasteiger charge is -2.44. The molecule has 0 aromatic heterocycles. The van der Waals surface area contributed by atoms with Gasteiger partial charge in [0.15, 0.2) is 12.0 Å². The van der Waals surface area contributed by atoms with E-state index in [0.717, 1.165) is 22.7 Å². The van der Waals surface area contributed by atoms with Gasteiger partial charge in [0.1, 0.15) is 5.69 Å². The smallest absolute Gasteiger partial charge is 0.301 e. The summed E-state index contributed by atoms with van der Waals surface area (Å²) in [4.78, 5) is 35.5. The van der Waals surface area contributed by atoms with Crippen LogP contribution in [0.4, 0.5) is 17.1 Å². The third-order valence-electron chi connectivity index (χ3n) is 6.97. The topological polar surface area (TPSA) is 139 Å². The summed E-state index contributed by atoms with van der Waals surface area (Å²) < 4.78 is 0. The number of hydrogen-bond acceptors (Lipinski definition) is 8. The summed E-state index contributed by atoms with van der Waals surface area (Å²) in [5.41, 5.74) is -0.131. The lowest BCUT2D eigenvalue weighted by molar-refractivity contribution is -0.393. The van der Waals surface area contributed by atoms with E-state index in [1.54, 1.807) is 12.1 Å². The molecular weight excluding hydrogens is 452 g/mol. The van der Waals surface area contributed by atoms with Gasteiger partial charge in [-0.3, -0.25) is 25.0 Å². The van der Waals surface area contributed by atoms with Crippen molar-refractivity contribution in [3.63, 3.8) is 0 Å². The Morgan fingerprint density at radius 2 is 1.69 bits per heavy atom. The van der Waals surface area contributed by atoms with Crippen molar-refractivity contribution in [1.82, 2.24) is 0 Å². The summed E-state index contributed by atoms with van der Waals surface area (Å²) in [6, 6.07) is 19.3. The van der Waals surface area contributed by atoms with Gasteiger partial charge in [-0.25, -0.2) is 5.01 Å². The molecule has 176 valence electrons. The molecule has 10 nitrogen and oxygen atoms in total. The highest BCUT2D eigenvalue weighted by molar-refractivity contribution is 6.12. The Morgan fingerprint density at radius 3 is 2.34 bits per heavy atom. The fourth-order valence-corrected chi connectivity index (χ4v) is 5.13. The molecule has 0 fully saturated rings. The zero-order valence-corrected chi connectivity index (χ0v) is 18.6. The van der Waals surface area contributed by atoms with E-state index in [9.17, 15) is 30.1 Å². The van der Waals surface area contributed by atoms with Crippen molar-refractivity contribution in [2.24, 2.45) is 10.5 Å². The maximum absolute atomic E-state index is 13.8. The first-order valence-electron chi connectivity index (χ1n) is 10.9. The largest absolute Gasteiger partial charge is 0.371 e. The Morgan fingerprint density at radius 1 is 1.00 bits per heavy atom. The molecule has 5 rings (SSSR count). The molecule has 0 radical (unpaired) electrons. The van der Waals surface area contributed by atoms with E-state index in [2.05, 4.69) is 5.10 Å². The van der Waals surface area contributed by atoms with E-state index >= 15 is 0 Å². The van der Waals surface area contributed by atoms with Gasteiger partial charge >= 0.3 is 5.69 Å². The SMILES string of the molecule is C[C@@H]1c2ccccc2C(=O)[C@]12CC(c1ccccc1)=NN(c1ccc([N+](=O)[O-])cc1[N+](=O)[O-])C2O. The molecule has 0 saturated carbocycles. The summed E-state index contributed by atoms with van der Waals surface area (Å²) in [6.07, 6.45) is -1.44. The number of hydrogen-bond donors (Lipinski definition) is 1. The van der Waals surface area contributed by atoms with Gasteiger partial charge in [0.25, 0.3) is 5.69 Å². The quantitative estimate of drug-likeness (QED) is 0.438. The van der Waals surface area contributed by atoms with Gasteiger partial charge in [-0.05, 0) is 23.1 Å². The van der Waals surface area contributed by atoms with Crippen molar-refractivity contribution in [1.29, 1.82) is 0 Å². The van der Waals surface area contributed by atoms with E-state index in [1.165, 1.54) is 6.07 Å². The van der Waals surface area contributed by atoms with Crippen LogP contribution in [0.5, 0.6) is 0 Å².